The highest BCUT2D eigenvalue weighted by molar-refractivity contribution is 6.03. The van der Waals surface area contributed by atoms with E-state index in [9.17, 15) is 19.2 Å². The Morgan fingerprint density at radius 1 is 1.02 bits per heavy atom. The van der Waals surface area contributed by atoms with Gasteiger partial charge in [0.05, 0.1) is 43.7 Å². The molecule has 1 aliphatic heterocycles. The zero-order valence-electron chi connectivity index (χ0n) is 25.4. The lowest BCUT2D eigenvalue weighted by Gasteiger charge is -2.28. The van der Waals surface area contributed by atoms with Crippen LogP contribution in [0.25, 0.3) is 0 Å². The molecule has 1 aromatic carbocycles. The number of amides is 3. The summed E-state index contributed by atoms with van der Waals surface area (Å²) in [5, 5.41) is 7.70. The summed E-state index contributed by atoms with van der Waals surface area (Å²) in [6, 6.07) is 0.933. The average Bonchev–Trinajstić information content (AvgIpc) is 3.58. The van der Waals surface area contributed by atoms with E-state index in [1.165, 1.54) is 4.90 Å². The summed E-state index contributed by atoms with van der Waals surface area (Å²) in [7, 11) is 1.12. The summed E-state index contributed by atoms with van der Waals surface area (Å²) in [5.74, 6) is -1.94. The van der Waals surface area contributed by atoms with Gasteiger partial charge in [-0.05, 0) is 66.4 Å². The molecule has 3 N–H and O–H groups in total. The van der Waals surface area contributed by atoms with Crippen molar-refractivity contribution in [2.24, 2.45) is 5.92 Å². The second-order valence-electron chi connectivity index (χ2n) is 12.8. The molecule has 11 nitrogen and oxygen atoms in total. The van der Waals surface area contributed by atoms with Gasteiger partial charge in [-0.2, -0.15) is 0 Å². The van der Waals surface area contributed by atoms with Crippen molar-refractivity contribution in [3.05, 3.63) is 23.0 Å². The number of benzene rings is 1. The van der Waals surface area contributed by atoms with Crippen molar-refractivity contribution < 1.29 is 42.2 Å². The Bertz CT molecular complexity index is 1210. The summed E-state index contributed by atoms with van der Waals surface area (Å²) >= 11 is 0. The lowest BCUT2D eigenvalue weighted by molar-refractivity contribution is -0.116. The van der Waals surface area contributed by atoms with Gasteiger partial charge in [-0.3, -0.25) is 4.79 Å². The fourth-order valence-corrected chi connectivity index (χ4v) is 4.58. The number of nitrogens with zero attached hydrogens (tertiary/aromatic N) is 1. The average molecular weight is 597 g/mol. The maximum Gasteiger partial charge on any atom is 0.407 e. The number of carbonyl (C=O) groups excluding carboxylic acids is 4. The van der Waals surface area contributed by atoms with Gasteiger partial charge < -0.3 is 35.1 Å². The monoisotopic (exact) mass is 596 g/mol. The van der Waals surface area contributed by atoms with Gasteiger partial charge in [0.2, 0.25) is 5.91 Å². The first-order valence-electron chi connectivity index (χ1n) is 14.0. The highest BCUT2D eigenvalue weighted by atomic mass is 19.1. The number of alkyl halides is 1. The predicted octanol–water partition coefficient (Wildman–Crippen LogP) is 4.82. The third-order valence-corrected chi connectivity index (χ3v) is 6.57. The molecule has 0 bridgehead atoms. The van der Waals surface area contributed by atoms with E-state index < -0.39 is 40.8 Å². The van der Waals surface area contributed by atoms with Crippen LogP contribution >= 0.6 is 0 Å². The number of esters is 1. The van der Waals surface area contributed by atoms with E-state index in [2.05, 4.69) is 16.0 Å². The third-order valence-electron chi connectivity index (χ3n) is 6.57. The van der Waals surface area contributed by atoms with Crippen LogP contribution in [-0.2, 0) is 25.5 Å². The molecular formula is C29H42F2N4O7. The SMILES string of the molecule is COC(=O)c1cc(F)c(N2CCC(F)(CNC(=O)OC(C)(C)C)C2)c(CNC(=O)OC(C)(C)C)c1NC(=O)CC1CC1. The van der Waals surface area contributed by atoms with Crippen LogP contribution in [0.4, 0.5) is 29.7 Å². The summed E-state index contributed by atoms with van der Waals surface area (Å²) < 4.78 is 47.0. The Labute approximate surface area is 245 Å². The first-order valence-corrected chi connectivity index (χ1v) is 14.0. The Morgan fingerprint density at radius 3 is 2.17 bits per heavy atom. The lowest BCUT2D eigenvalue weighted by atomic mass is 10.0. The van der Waals surface area contributed by atoms with Crippen LogP contribution in [-0.4, -0.2) is 67.7 Å². The lowest BCUT2D eigenvalue weighted by Crippen LogP contribution is -2.43. The standard InChI is InChI=1S/C29H42F2N4O7/c1-27(2,3)41-25(38)32-14-19-22(34-21(36)12-17-8-9-17)18(24(37)40-7)13-20(30)23(19)35-11-10-29(31,16-35)15-33-26(39)42-28(4,5)6/h13,17H,8-12,14-16H2,1-7H3,(H,32,38)(H,33,39)(H,34,36). The Hall–Kier alpha value is -3.64. The number of ether oxygens (including phenoxy) is 3. The molecule has 3 rings (SSSR count). The molecule has 0 spiro atoms. The summed E-state index contributed by atoms with van der Waals surface area (Å²) in [6.45, 7) is 9.09. The molecule has 1 aromatic rings. The van der Waals surface area contributed by atoms with Gasteiger partial charge >= 0.3 is 18.2 Å². The molecule has 2 fully saturated rings. The van der Waals surface area contributed by atoms with Gasteiger partial charge in [0.25, 0.3) is 0 Å². The first-order chi connectivity index (χ1) is 19.4. The number of hydrogen-bond donors (Lipinski definition) is 3. The van der Waals surface area contributed by atoms with Crippen LogP contribution in [0.15, 0.2) is 6.07 Å². The second-order valence-corrected chi connectivity index (χ2v) is 12.8. The van der Waals surface area contributed by atoms with Gasteiger partial charge in [0.15, 0.2) is 0 Å². The van der Waals surface area contributed by atoms with Crippen molar-refractivity contribution in [1.29, 1.82) is 0 Å². The van der Waals surface area contributed by atoms with E-state index in [-0.39, 0.29) is 73.3 Å². The largest absolute Gasteiger partial charge is 0.465 e. The predicted molar refractivity (Wildman–Crippen MR) is 152 cm³/mol. The van der Waals surface area contributed by atoms with E-state index in [0.29, 0.717) is 0 Å². The molecule has 2 aliphatic rings. The van der Waals surface area contributed by atoms with Crippen molar-refractivity contribution in [2.75, 3.05) is 37.0 Å². The van der Waals surface area contributed by atoms with Crippen LogP contribution in [0.2, 0.25) is 0 Å². The molecular weight excluding hydrogens is 554 g/mol. The Balaban J connectivity index is 1.97. The van der Waals surface area contributed by atoms with Crippen LogP contribution in [0.1, 0.15) is 83.1 Å². The maximum absolute atomic E-state index is 15.9. The highest BCUT2D eigenvalue weighted by Crippen LogP contribution is 2.40. The number of halogens is 2. The number of methoxy groups -OCH3 is 1. The second kappa shape index (κ2) is 12.7. The first kappa shape index (κ1) is 32.9. The van der Waals surface area contributed by atoms with Gasteiger partial charge in [-0.15, -0.1) is 0 Å². The number of nitrogens with one attached hydrogen (secondary N) is 3. The fraction of sp³-hybridized carbons (Fsp3) is 0.655. The van der Waals surface area contributed by atoms with E-state index >= 15 is 8.78 Å². The van der Waals surface area contributed by atoms with Gasteiger partial charge in [0.1, 0.15) is 22.7 Å². The highest BCUT2D eigenvalue weighted by Gasteiger charge is 2.41. The quantitative estimate of drug-likeness (QED) is 0.273. The van der Waals surface area contributed by atoms with Crippen molar-refractivity contribution in [2.45, 2.75) is 90.6 Å². The zero-order valence-corrected chi connectivity index (χ0v) is 25.4. The zero-order chi connectivity index (χ0) is 31.5. The topological polar surface area (TPSA) is 135 Å². The fourth-order valence-electron chi connectivity index (χ4n) is 4.58. The van der Waals surface area contributed by atoms with Crippen LogP contribution < -0.4 is 20.9 Å². The van der Waals surface area contributed by atoms with Crippen molar-refractivity contribution in [3.63, 3.8) is 0 Å². The molecule has 42 heavy (non-hydrogen) atoms. The Kier molecular flexibility index (Phi) is 9.94. The minimum atomic E-state index is -1.93. The molecule has 1 saturated heterocycles. The van der Waals surface area contributed by atoms with E-state index in [1.54, 1.807) is 41.5 Å². The molecule has 0 radical (unpaired) electrons. The maximum atomic E-state index is 15.9. The van der Waals surface area contributed by atoms with Crippen LogP contribution in [0.3, 0.4) is 0 Å². The third kappa shape index (κ3) is 9.45. The molecule has 1 unspecified atom stereocenters. The number of alkyl carbamates (subject to hydrolysis) is 2. The smallest absolute Gasteiger partial charge is 0.407 e. The molecule has 3 amide bonds. The van der Waals surface area contributed by atoms with Gasteiger partial charge in [-0.25, -0.2) is 23.2 Å². The van der Waals surface area contributed by atoms with E-state index in [1.807, 2.05) is 0 Å². The molecule has 1 saturated carbocycles. The van der Waals surface area contributed by atoms with Crippen molar-refractivity contribution in [1.82, 2.24) is 10.6 Å². The Morgan fingerprint density at radius 2 is 1.62 bits per heavy atom. The van der Waals surface area contributed by atoms with E-state index in [0.717, 1.165) is 26.0 Å². The van der Waals surface area contributed by atoms with Crippen LogP contribution in [0.5, 0.6) is 0 Å². The van der Waals surface area contributed by atoms with Gasteiger partial charge in [0, 0.05) is 24.9 Å². The molecule has 0 aromatic heterocycles. The summed E-state index contributed by atoms with van der Waals surface area (Å²) in [4.78, 5) is 51.6. The summed E-state index contributed by atoms with van der Waals surface area (Å²) in [6.07, 6.45) is 0.374. The molecule has 13 heteroatoms. The molecule has 1 heterocycles. The van der Waals surface area contributed by atoms with Gasteiger partial charge in [-0.1, -0.05) is 0 Å². The number of anilines is 2. The normalized spacial score (nSPS) is 18.7. The minimum Gasteiger partial charge on any atom is -0.465 e. The molecule has 234 valence electrons. The molecule has 1 atom stereocenters. The number of hydrogen-bond acceptors (Lipinski definition) is 8. The number of carbonyl (C=O) groups is 4. The van der Waals surface area contributed by atoms with Crippen molar-refractivity contribution in [3.8, 4) is 0 Å². The van der Waals surface area contributed by atoms with Crippen LogP contribution in [0, 0.1) is 11.7 Å². The van der Waals surface area contributed by atoms with Crippen molar-refractivity contribution >= 4 is 35.4 Å². The molecule has 1 aliphatic carbocycles. The van der Waals surface area contributed by atoms with E-state index in [4.69, 9.17) is 14.2 Å². The minimum absolute atomic E-state index is 0.0387. The summed E-state index contributed by atoms with van der Waals surface area (Å²) in [5.41, 5.74) is -3.86. The number of rotatable bonds is 9.